The third kappa shape index (κ3) is 5.18. The van der Waals surface area contributed by atoms with Gasteiger partial charge in [0.2, 0.25) is 15.2 Å². The zero-order valence-corrected chi connectivity index (χ0v) is 13.9. The van der Waals surface area contributed by atoms with Gasteiger partial charge in [-0.25, -0.2) is 8.42 Å². The molecule has 2 rings (SSSR count). The van der Waals surface area contributed by atoms with E-state index < -0.39 is 10.0 Å². The molecule has 0 atom stereocenters. The smallest absolute Gasteiger partial charge is 0.235 e. The lowest BCUT2D eigenvalue weighted by Crippen LogP contribution is -2.18. The molecule has 0 amide bonds. The van der Waals surface area contributed by atoms with Crippen molar-refractivity contribution in [3.05, 3.63) is 29.3 Å². The highest BCUT2D eigenvalue weighted by Crippen LogP contribution is 2.21. The van der Waals surface area contributed by atoms with Gasteiger partial charge in [0, 0.05) is 16.3 Å². The fourth-order valence-electron chi connectivity index (χ4n) is 1.50. The van der Waals surface area contributed by atoms with E-state index in [1.54, 1.807) is 6.07 Å². The molecule has 0 aliphatic heterocycles. The van der Waals surface area contributed by atoms with Crippen LogP contribution < -0.4 is 10.5 Å². The van der Waals surface area contributed by atoms with E-state index in [-0.39, 0.29) is 5.75 Å². The third-order valence-electron chi connectivity index (χ3n) is 2.49. The number of nitrogens with two attached hydrogens (primary N) is 1. The van der Waals surface area contributed by atoms with Gasteiger partial charge in [-0.05, 0) is 24.6 Å². The van der Waals surface area contributed by atoms with Crippen LogP contribution in [-0.4, -0.2) is 30.1 Å². The van der Waals surface area contributed by atoms with Crippen molar-refractivity contribution in [2.45, 2.75) is 18.2 Å². The number of hydrogen-bond acceptors (Lipinski definition) is 7. The van der Waals surface area contributed by atoms with Crippen LogP contribution in [-0.2, 0) is 16.4 Å². The number of benzene rings is 1. The summed E-state index contributed by atoms with van der Waals surface area (Å²) >= 11 is 2.71. The van der Waals surface area contributed by atoms with Crippen LogP contribution in [0.3, 0.4) is 0 Å². The SMILES string of the molecule is CCc1nnc(NS(=O)(=O)CCSc2cccc(N)c2)s1. The maximum Gasteiger partial charge on any atom is 0.235 e. The van der Waals surface area contributed by atoms with E-state index in [0.717, 1.165) is 16.3 Å². The Labute approximate surface area is 132 Å². The minimum Gasteiger partial charge on any atom is -0.399 e. The molecule has 21 heavy (non-hydrogen) atoms. The first-order valence-electron chi connectivity index (χ1n) is 6.30. The maximum atomic E-state index is 11.9. The Morgan fingerprint density at radius 1 is 1.38 bits per heavy atom. The van der Waals surface area contributed by atoms with Crippen molar-refractivity contribution >= 4 is 43.9 Å². The van der Waals surface area contributed by atoms with Gasteiger partial charge in [-0.2, -0.15) is 0 Å². The topological polar surface area (TPSA) is 98.0 Å². The van der Waals surface area contributed by atoms with Crippen LogP contribution in [0.2, 0.25) is 0 Å². The van der Waals surface area contributed by atoms with Crippen molar-refractivity contribution in [3.63, 3.8) is 0 Å². The number of nitrogens with zero attached hydrogens (tertiary/aromatic N) is 2. The molecule has 0 radical (unpaired) electrons. The lowest BCUT2D eigenvalue weighted by molar-refractivity contribution is 0.602. The van der Waals surface area contributed by atoms with Crippen molar-refractivity contribution in [1.29, 1.82) is 0 Å². The number of aromatic nitrogens is 2. The molecule has 0 aliphatic rings. The monoisotopic (exact) mass is 344 g/mol. The van der Waals surface area contributed by atoms with Crippen LogP contribution in [0.4, 0.5) is 10.8 Å². The molecular formula is C12H16N4O2S3. The minimum atomic E-state index is -3.40. The van der Waals surface area contributed by atoms with Crippen LogP contribution >= 0.6 is 23.1 Å². The molecule has 114 valence electrons. The molecule has 6 nitrogen and oxygen atoms in total. The van der Waals surface area contributed by atoms with Crippen molar-refractivity contribution in [1.82, 2.24) is 10.2 Å². The quantitative estimate of drug-likeness (QED) is 0.590. The van der Waals surface area contributed by atoms with E-state index in [9.17, 15) is 8.42 Å². The number of rotatable bonds is 7. The first-order chi connectivity index (χ1) is 9.98. The highest BCUT2D eigenvalue weighted by atomic mass is 32.2. The molecule has 0 saturated carbocycles. The predicted octanol–water partition coefficient (Wildman–Crippen LogP) is 2.22. The summed E-state index contributed by atoms with van der Waals surface area (Å²) in [5.41, 5.74) is 6.34. The van der Waals surface area contributed by atoms with Crippen LogP contribution in [0.1, 0.15) is 11.9 Å². The molecular weight excluding hydrogens is 328 g/mol. The predicted molar refractivity (Wildman–Crippen MR) is 88.3 cm³/mol. The van der Waals surface area contributed by atoms with E-state index in [1.165, 1.54) is 23.1 Å². The Kier molecular flexibility index (Phi) is 5.43. The molecule has 1 aromatic carbocycles. The molecule has 1 heterocycles. The van der Waals surface area contributed by atoms with Gasteiger partial charge in [0.1, 0.15) is 5.01 Å². The Hall–Kier alpha value is -1.32. The number of hydrogen-bond donors (Lipinski definition) is 2. The summed E-state index contributed by atoms with van der Waals surface area (Å²) in [7, 11) is -3.40. The summed E-state index contributed by atoms with van der Waals surface area (Å²) in [6.45, 7) is 1.95. The molecule has 0 fully saturated rings. The van der Waals surface area contributed by atoms with Crippen molar-refractivity contribution in [2.24, 2.45) is 0 Å². The second-order valence-corrected chi connectivity index (χ2v) is 8.27. The normalized spacial score (nSPS) is 11.5. The van der Waals surface area contributed by atoms with E-state index >= 15 is 0 Å². The molecule has 3 N–H and O–H groups in total. The maximum absolute atomic E-state index is 11.9. The van der Waals surface area contributed by atoms with Gasteiger partial charge in [-0.3, -0.25) is 4.72 Å². The number of nitrogens with one attached hydrogen (secondary N) is 1. The minimum absolute atomic E-state index is 0.00744. The van der Waals surface area contributed by atoms with Crippen molar-refractivity contribution in [2.75, 3.05) is 22.0 Å². The number of aryl methyl sites for hydroxylation is 1. The molecule has 0 spiro atoms. The van der Waals surface area contributed by atoms with Crippen LogP contribution in [0, 0.1) is 0 Å². The number of nitrogen functional groups attached to an aromatic ring is 1. The van der Waals surface area contributed by atoms with Gasteiger partial charge < -0.3 is 5.73 Å². The fourth-order valence-corrected chi connectivity index (χ4v) is 4.82. The lowest BCUT2D eigenvalue weighted by atomic mass is 10.3. The van der Waals surface area contributed by atoms with Crippen LogP contribution in [0.5, 0.6) is 0 Å². The third-order valence-corrected chi connectivity index (χ3v) is 6.10. The highest BCUT2D eigenvalue weighted by Gasteiger charge is 2.13. The first kappa shape index (κ1) is 16.1. The standard InChI is InChI=1S/C12H16N4O2S3/c1-2-11-14-15-12(20-11)16-21(17,18)7-6-19-10-5-3-4-9(13)8-10/h3-5,8H,2,6-7,13H2,1H3,(H,15,16). The second kappa shape index (κ2) is 7.10. The van der Waals surface area contributed by atoms with Gasteiger partial charge in [0.15, 0.2) is 0 Å². The summed E-state index contributed by atoms with van der Waals surface area (Å²) in [6.07, 6.45) is 0.741. The largest absolute Gasteiger partial charge is 0.399 e. The Balaban J connectivity index is 1.86. The molecule has 0 saturated heterocycles. The Morgan fingerprint density at radius 2 is 2.19 bits per heavy atom. The number of sulfonamides is 1. The van der Waals surface area contributed by atoms with Gasteiger partial charge in [-0.1, -0.05) is 24.3 Å². The Bertz CT molecular complexity index is 700. The molecule has 0 bridgehead atoms. The second-order valence-electron chi connectivity index (χ2n) is 4.20. The van der Waals surface area contributed by atoms with E-state index in [2.05, 4.69) is 14.9 Å². The van der Waals surface area contributed by atoms with Gasteiger partial charge in [0.25, 0.3) is 0 Å². The zero-order chi connectivity index (χ0) is 15.3. The van der Waals surface area contributed by atoms with Crippen molar-refractivity contribution < 1.29 is 8.42 Å². The average Bonchev–Trinajstić information content (AvgIpc) is 2.85. The number of thioether (sulfide) groups is 1. The highest BCUT2D eigenvalue weighted by molar-refractivity contribution is 8.01. The van der Waals surface area contributed by atoms with E-state index in [4.69, 9.17) is 5.73 Å². The van der Waals surface area contributed by atoms with Crippen LogP contribution in [0.15, 0.2) is 29.2 Å². The summed E-state index contributed by atoms with van der Waals surface area (Å²) in [5, 5.41) is 8.81. The van der Waals surface area contributed by atoms with E-state index in [1.807, 2.05) is 25.1 Å². The van der Waals surface area contributed by atoms with Gasteiger partial charge in [-0.15, -0.1) is 22.0 Å². The molecule has 0 aliphatic carbocycles. The fraction of sp³-hybridized carbons (Fsp3) is 0.333. The summed E-state index contributed by atoms with van der Waals surface area (Å²) in [4.78, 5) is 0.953. The molecule has 9 heteroatoms. The summed E-state index contributed by atoms with van der Waals surface area (Å²) in [5.74, 6) is 0.450. The zero-order valence-electron chi connectivity index (χ0n) is 11.4. The Morgan fingerprint density at radius 3 is 2.86 bits per heavy atom. The number of anilines is 2. The average molecular weight is 344 g/mol. The van der Waals surface area contributed by atoms with Gasteiger partial charge in [0.05, 0.1) is 5.75 Å². The van der Waals surface area contributed by atoms with Gasteiger partial charge >= 0.3 is 0 Å². The molecule has 2 aromatic rings. The molecule has 0 unspecified atom stereocenters. The first-order valence-corrected chi connectivity index (χ1v) is 9.75. The summed E-state index contributed by atoms with van der Waals surface area (Å²) < 4.78 is 26.3. The molecule has 1 aromatic heterocycles. The van der Waals surface area contributed by atoms with Crippen molar-refractivity contribution in [3.8, 4) is 0 Å². The van der Waals surface area contributed by atoms with E-state index in [0.29, 0.717) is 16.6 Å². The van der Waals surface area contributed by atoms with Crippen LogP contribution in [0.25, 0.3) is 0 Å². The lowest BCUT2D eigenvalue weighted by Gasteiger charge is -2.05. The summed E-state index contributed by atoms with van der Waals surface area (Å²) in [6, 6.07) is 7.36.